The van der Waals surface area contributed by atoms with Crippen LogP contribution < -0.4 is 34.7 Å². The van der Waals surface area contributed by atoms with Crippen LogP contribution in [0.3, 0.4) is 0 Å². The Hall–Kier alpha value is -1.90. The number of nitrogens with zero attached hydrogens (tertiary/aromatic N) is 3. The minimum Gasteiger partial charge on any atom is -0.550 e. The summed E-state index contributed by atoms with van der Waals surface area (Å²) >= 11 is 0. The summed E-state index contributed by atoms with van der Waals surface area (Å²) in [6.45, 7) is 0.972. The summed E-state index contributed by atoms with van der Waals surface area (Å²) in [4.78, 5) is 28.1. The summed E-state index contributed by atoms with van der Waals surface area (Å²) in [6.07, 6.45) is 15.2. The fourth-order valence-corrected chi connectivity index (χ4v) is 0.645. The summed E-state index contributed by atoms with van der Waals surface area (Å²) in [5, 5.41) is 8.89. The number of carbonyl (C=O) groups excluding carboxylic acids is 1. The van der Waals surface area contributed by atoms with E-state index >= 15 is 0 Å². The van der Waals surface area contributed by atoms with E-state index < -0.39 is 5.97 Å². The van der Waals surface area contributed by atoms with Crippen molar-refractivity contribution in [2.75, 3.05) is 0 Å². The number of rotatable bonds is 0. The maximum atomic E-state index is 8.89. The molecule has 0 atom stereocenters. The van der Waals surface area contributed by atoms with Gasteiger partial charge in [0, 0.05) is 43.2 Å². The van der Waals surface area contributed by atoms with E-state index in [9.17, 15) is 0 Å². The first-order valence-electron chi connectivity index (χ1n) is 5.19. The van der Waals surface area contributed by atoms with Crippen LogP contribution in [-0.2, 0) is 4.79 Å². The maximum Gasteiger partial charge on any atom is 1.00 e. The predicted octanol–water partition coefficient (Wildman–Crippen LogP) is -3.01. The van der Waals surface area contributed by atoms with E-state index in [1.54, 1.807) is 56.2 Å². The van der Waals surface area contributed by atoms with Crippen molar-refractivity contribution < 1.29 is 39.5 Å². The van der Waals surface area contributed by atoms with Crippen LogP contribution in [0.25, 0.3) is 0 Å². The third-order valence-corrected chi connectivity index (χ3v) is 1.22. The summed E-state index contributed by atoms with van der Waals surface area (Å²) in [7, 11) is 0. The molecule has 0 amide bonds. The number of carbonyl (C=O) groups is 1. The van der Waals surface area contributed by atoms with Crippen molar-refractivity contribution in [3.63, 3.8) is 0 Å². The minimum absolute atomic E-state index is 0. The number of nitrogens with one attached hydrogen (secondary N) is 3. The predicted molar refractivity (Wildman–Crippen MR) is 66.4 cm³/mol. The van der Waals surface area contributed by atoms with Crippen LogP contribution in [-0.4, -0.2) is 35.9 Å². The van der Waals surface area contributed by atoms with Crippen LogP contribution in [0.15, 0.2) is 56.2 Å². The number of imidazole rings is 3. The quantitative estimate of drug-likeness (QED) is 0.379. The number of hydrogen-bond acceptors (Lipinski definition) is 5. The molecule has 9 heteroatoms. The molecule has 0 aliphatic rings. The van der Waals surface area contributed by atoms with Crippen molar-refractivity contribution in [1.82, 2.24) is 29.9 Å². The van der Waals surface area contributed by atoms with Crippen molar-refractivity contribution in [2.45, 2.75) is 6.92 Å². The molecule has 0 saturated heterocycles. The molecule has 0 aliphatic carbocycles. The zero-order valence-electron chi connectivity index (χ0n) is 11.4. The van der Waals surface area contributed by atoms with E-state index in [1.807, 2.05) is 0 Å². The second kappa shape index (κ2) is 17.1. The van der Waals surface area contributed by atoms with Gasteiger partial charge in [0.05, 0.1) is 19.0 Å². The van der Waals surface area contributed by atoms with Gasteiger partial charge in [-0.15, -0.1) is 0 Å². The molecule has 3 aromatic heterocycles. The molecule has 8 nitrogen and oxygen atoms in total. The van der Waals surface area contributed by atoms with Crippen LogP contribution >= 0.6 is 0 Å². The second-order valence-corrected chi connectivity index (χ2v) is 2.77. The molecule has 0 bridgehead atoms. The number of hydrogen-bond donors (Lipinski definition) is 3. The average molecular weight is 286 g/mol. The summed E-state index contributed by atoms with van der Waals surface area (Å²) in [5.41, 5.74) is 0. The normalized spacial score (nSPS) is 7.25. The van der Waals surface area contributed by atoms with Crippen LogP contribution in [0.5, 0.6) is 0 Å². The third-order valence-electron chi connectivity index (χ3n) is 1.22. The summed E-state index contributed by atoms with van der Waals surface area (Å²) in [5.74, 6) is -1.08. The fourth-order valence-electron chi connectivity index (χ4n) is 0.645. The van der Waals surface area contributed by atoms with E-state index in [0.29, 0.717) is 0 Å². The zero-order valence-corrected chi connectivity index (χ0v) is 13.4. The molecule has 0 fully saturated rings. The van der Waals surface area contributed by atoms with Crippen LogP contribution in [0.2, 0.25) is 0 Å². The van der Waals surface area contributed by atoms with Gasteiger partial charge in [0.15, 0.2) is 0 Å². The fraction of sp³-hybridized carbons (Fsp3) is 0.0909. The van der Waals surface area contributed by atoms with Gasteiger partial charge in [-0.25, -0.2) is 15.0 Å². The Morgan fingerprint density at radius 3 is 1.15 bits per heavy atom. The smallest absolute Gasteiger partial charge is 0.550 e. The molecule has 20 heavy (non-hydrogen) atoms. The van der Waals surface area contributed by atoms with Crippen molar-refractivity contribution in [3.05, 3.63) is 56.2 Å². The Bertz CT molecular complexity index is 337. The molecule has 102 valence electrons. The van der Waals surface area contributed by atoms with E-state index in [2.05, 4.69) is 29.9 Å². The molecule has 0 aromatic carbocycles. The second-order valence-electron chi connectivity index (χ2n) is 2.77. The van der Waals surface area contributed by atoms with Crippen LogP contribution in [0.4, 0.5) is 0 Å². The number of H-pyrrole nitrogens is 3. The van der Waals surface area contributed by atoms with Gasteiger partial charge in [-0.2, -0.15) is 0 Å². The number of carboxylic acids is 1. The Kier molecular flexibility index (Phi) is 17.5. The van der Waals surface area contributed by atoms with E-state index in [-0.39, 0.29) is 29.6 Å². The van der Waals surface area contributed by atoms with Crippen molar-refractivity contribution >= 4 is 5.97 Å². The maximum absolute atomic E-state index is 8.89. The van der Waals surface area contributed by atoms with Gasteiger partial charge in [0.25, 0.3) is 0 Å². The van der Waals surface area contributed by atoms with Gasteiger partial charge >= 0.3 is 29.6 Å². The Morgan fingerprint density at radius 1 is 0.850 bits per heavy atom. The number of aromatic nitrogens is 6. The molecule has 3 N–H and O–H groups in total. The summed E-state index contributed by atoms with van der Waals surface area (Å²) in [6, 6.07) is 0. The standard InChI is InChI=1S/3C3H4N2.C2H4O2.Na/c3*1-2-5-3-4-1;1-2(3)4;/h3*1-3H,(H,4,5);1H3,(H,3,4);/q;;;;+1/p-1. The van der Waals surface area contributed by atoms with Crippen molar-refractivity contribution in [3.8, 4) is 0 Å². The van der Waals surface area contributed by atoms with Gasteiger partial charge in [-0.05, 0) is 6.92 Å². The molecular weight excluding hydrogens is 271 g/mol. The molecular formula is C11H15N6NaO2. The number of aliphatic carboxylic acids is 1. The molecule has 0 aliphatic heterocycles. The minimum atomic E-state index is -1.08. The first kappa shape index (κ1) is 20.4. The molecule has 0 radical (unpaired) electrons. The first-order valence-corrected chi connectivity index (χ1v) is 5.19. The monoisotopic (exact) mass is 286 g/mol. The van der Waals surface area contributed by atoms with Gasteiger partial charge in [-0.3, -0.25) is 0 Å². The summed E-state index contributed by atoms with van der Waals surface area (Å²) < 4.78 is 0. The van der Waals surface area contributed by atoms with Crippen LogP contribution in [0, 0.1) is 0 Å². The Labute approximate surface area is 138 Å². The largest absolute Gasteiger partial charge is 1.00 e. The SMILES string of the molecule is CC(=O)[O-].[Na+].c1c[nH]cn1.c1c[nH]cn1.c1c[nH]cn1. The topological polar surface area (TPSA) is 126 Å². The van der Waals surface area contributed by atoms with Gasteiger partial charge in [-0.1, -0.05) is 0 Å². The Morgan fingerprint density at radius 2 is 1.10 bits per heavy atom. The zero-order chi connectivity index (χ0) is 14.2. The molecule has 0 unspecified atom stereocenters. The first-order chi connectivity index (χ1) is 9.23. The molecule has 3 rings (SSSR count). The van der Waals surface area contributed by atoms with Crippen LogP contribution in [0.1, 0.15) is 6.92 Å². The number of carboxylic acid groups (broad SMARTS) is 1. The van der Waals surface area contributed by atoms with E-state index in [0.717, 1.165) is 6.92 Å². The average Bonchev–Trinajstić information content (AvgIpc) is 3.18. The molecule has 0 saturated carbocycles. The Balaban J connectivity index is 0. The number of aromatic amines is 3. The van der Waals surface area contributed by atoms with E-state index in [1.165, 1.54) is 0 Å². The molecule has 3 heterocycles. The molecule has 0 spiro atoms. The molecule has 3 aromatic rings. The van der Waals surface area contributed by atoms with Gasteiger partial charge in [0.2, 0.25) is 0 Å². The van der Waals surface area contributed by atoms with Gasteiger partial charge in [0.1, 0.15) is 0 Å². The van der Waals surface area contributed by atoms with E-state index in [4.69, 9.17) is 9.90 Å². The van der Waals surface area contributed by atoms with Crippen molar-refractivity contribution in [2.24, 2.45) is 0 Å². The van der Waals surface area contributed by atoms with Crippen molar-refractivity contribution in [1.29, 1.82) is 0 Å². The third kappa shape index (κ3) is 21.4. The van der Waals surface area contributed by atoms with Gasteiger partial charge < -0.3 is 24.9 Å².